The molecule has 0 N–H and O–H groups in total. The van der Waals surface area contributed by atoms with Gasteiger partial charge in [0.2, 0.25) is 6.79 Å². The van der Waals surface area contributed by atoms with E-state index in [1.165, 1.54) is 9.36 Å². The number of hydrogen-bond acceptors (Lipinski definition) is 7. The summed E-state index contributed by atoms with van der Waals surface area (Å²) in [4.78, 5) is 17.8. The van der Waals surface area contributed by atoms with Gasteiger partial charge in [0.15, 0.2) is 11.5 Å². The van der Waals surface area contributed by atoms with Crippen molar-refractivity contribution in [3.8, 4) is 17.2 Å². The number of oxime groups is 1. The molecule has 0 aliphatic carbocycles. The quantitative estimate of drug-likeness (QED) is 0.495. The second-order valence-electron chi connectivity index (χ2n) is 6.36. The number of fused-ring (bicyclic) bond motifs is 1. The lowest BCUT2D eigenvalue weighted by Gasteiger charge is -2.11. The molecule has 0 saturated heterocycles. The lowest BCUT2D eigenvalue weighted by atomic mass is 10.1. The van der Waals surface area contributed by atoms with Crippen LogP contribution in [0.4, 0.5) is 0 Å². The Morgan fingerprint density at radius 2 is 2.04 bits per heavy atom. The lowest BCUT2D eigenvalue weighted by Crippen LogP contribution is -2.23. The van der Waals surface area contributed by atoms with Crippen LogP contribution in [0.5, 0.6) is 11.5 Å². The molecule has 0 spiro atoms. The number of ether oxygens (including phenoxy) is 2. The van der Waals surface area contributed by atoms with Crippen LogP contribution in [0.3, 0.4) is 0 Å². The fourth-order valence-corrected chi connectivity index (χ4v) is 3.00. The maximum Gasteiger partial charge on any atom is 0.368 e. The highest BCUT2D eigenvalue weighted by Crippen LogP contribution is 2.35. The monoisotopic (exact) mass is 381 g/mol. The molecule has 1 aromatic heterocycles. The number of para-hydroxylation sites is 1. The van der Waals surface area contributed by atoms with E-state index in [1.807, 2.05) is 44.2 Å². The number of benzene rings is 2. The Kier molecular flexibility index (Phi) is 4.56. The number of nitrogens with zero attached hydrogens (tertiary/aromatic N) is 5. The minimum absolute atomic E-state index is 0.175. The molecular weight excluding hydrogens is 362 g/mol. The van der Waals surface area contributed by atoms with Crippen molar-refractivity contribution in [3.05, 3.63) is 63.6 Å². The van der Waals surface area contributed by atoms with Gasteiger partial charge in [0.05, 0.1) is 11.4 Å². The summed E-state index contributed by atoms with van der Waals surface area (Å²) >= 11 is 0. The highest BCUT2D eigenvalue weighted by Gasteiger charge is 2.19. The lowest BCUT2D eigenvalue weighted by molar-refractivity contribution is 0.130. The molecule has 0 atom stereocenters. The van der Waals surface area contributed by atoms with E-state index in [-0.39, 0.29) is 19.1 Å². The minimum Gasteiger partial charge on any atom is -0.454 e. The van der Waals surface area contributed by atoms with E-state index in [2.05, 4.69) is 15.6 Å². The van der Waals surface area contributed by atoms with E-state index >= 15 is 0 Å². The number of hydrogen-bond donors (Lipinski definition) is 0. The molecule has 9 nitrogen and oxygen atoms in total. The van der Waals surface area contributed by atoms with E-state index in [9.17, 15) is 4.79 Å². The van der Waals surface area contributed by atoms with E-state index < -0.39 is 0 Å². The number of aromatic nitrogens is 4. The van der Waals surface area contributed by atoms with Gasteiger partial charge in [-0.25, -0.2) is 4.79 Å². The summed E-state index contributed by atoms with van der Waals surface area (Å²) in [6.45, 7) is 4.15. The van der Waals surface area contributed by atoms with Crippen LogP contribution >= 0.6 is 0 Å². The summed E-state index contributed by atoms with van der Waals surface area (Å²) in [5.74, 6) is 1.35. The van der Waals surface area contributed by atoms with Crippen LogP contribution in [-0.2, 0) is 18.5 Å². The molecule has 0 unspecified atom stereocenters. The summed E-state index contributed by atoms with van der Waals surface area (Å²) in [7, 11) is 1.55. The van der Waals surface area contributed by atoms with Crippen molar-refractivity contribution >= 4 is 5.71 Å². The maximum absolute atomic E-state index is 12.2. The van der Waals surface area contributed by atoms with Gasteiger partial charge in [-0.2, -0.15) is 9.36 Å². The molecule has 1 aliphatic rings. The Bertz CT molecular complexity index is 1120. The van der Waals surface area contributed by atoms with Crippen LogP contribution in [0.15, 0.2) is 46.3 Å². The second kappa shape index (κ2) is 7.18. The van der Waals surface area contributed by atoms with Crippen LogP contribution < -0.4 is 15.2 Å². The molecule has 0 radical (unpaired) electrons. The van der Waals surface area contributed by atoms with Crippen LogP contribution in [0, 0.1) is 6.92 Å². The first-order chi connectivity index (χ1) is 13.6. The predicted octanol–water partition coefficient (Wildman–Crippen LogP) is 1.94. The first-order valence-corrected chi connectivity index (χ1v) is 8.69. The van der Waals surface area contributed by atoms with Gasteiger partial charge in [-0.1, -0.05) is 23.4 Å². The SMILES string of the molecule is C/C(=N/OCc1c(C)cccc1-n1nnn(C)c1=O)c1cccc2c1OCO2. The zero-order valence-corrected chi connectivity index (χ0v) is 15.7. The van der Waals surface area contributed by atoms with Crippen molar-refractivity contribution in [2.45, 2.75) is 20.5 Å². The van der Waals surface area contributed by atoms with E-state index in [0.29, 0.717) is 22.9 Å². The highest BCUT2D eigenvalue weighted by atomic mass is 16.7. The summed E-state index contributed by atoms with van der Waals surface area (Å²) in [5.41, 5.74) is 3.52. The molecule has 1 aliphatic heterocycles. The van der Waals surface area contributed by atoms with E-state index in [4.69, 9.17) is 14.3 Å². The van der Waals surface area contributed by atoms with E-state index in [0.717, 1.165) is 16.7 Å². The highest BCUT2D eigenvalue weighted by molar-refractivity contribution is 6.01. The molecule has 0 amide bonds. The van der Waals surface area contributed by atoms with Crippen LogP contribution in [0.2, 0.25) is 0 Å². The van der Waals surface area contributed by atoms with Gasteiger partial charge < -0.3 is 14.3 Å². The Balaban J connectivity index is 1.59. The van der Waals surface area contributed by atoms with Crippen LogP contribution in [-0.4, -0.2) is 32.3 Å². The van der Waals surface area contributed by atoms with Gasteiger partial charge in [-0.05, 0) is 48.0 Å². The topological polar surface area (TPSA) is 92.8 Å². The Labute approximate surface area is 160 Å². The van der Waals surface area contributed by atoms with Crippen LogP contribution in [0.1, 0.15) is 23.6 Å². The fraction of sp³-hybridized carbons (Fsp3) is 0.263. The summed E-state index contributed by atoms with van der Waals surface area (Å²) < 4.78 is 13.3. The largest absolute Gasteiger partial charge is 0.454 e. The molecule has 2 aromatic carbocycles. The van der Waals surface area contributed by atoms with Gasteiger partial charge in [0.1, 0.15) is 6.61 Å². The average Bonchev–Trinajstić information content (AvgIpc) is 3.30. The van der Waals surface area contributed by atoms with Crippen molar-refractivity contribution < 1.29 is 14.3 Å². The van der Waals surface area contributed by atoms with Crippen molar-refractivity contribution in [1.82, 2.24) is 19.8 Å². The zero-order chi connectivity index (χ0) is 19.7. The second-order valence-corrected chi connectivity index (χ2v) is 6.36. The average molecular weight is 381 g/mol. The summed E-state index contributed by atoms with van der Waals surface area (Å²) in [6.07, 6.45) is 0. The van der Waals surface area contributed by atoms with E-state index in [1.54, 1.807) is 13.1 Å². The van der Waals surface area contributed by atoms with Crippen molar-refractivity contribution in [3.63, 3.8) is 0 Å². The maximum atomic E-state index is 12.2. The number of aryl methyl sites for hydroxylation is 2. The standard InChI is InChI=1S/C19H19N5O4/c1-12-6-4-8-16(24-19(25)23(3)21-22-24)15(12)10-28-20-13(2)14-7-5-9-17-18(14)27-11-26-17/h4-9H,10-11H2,1-3H3/b20-13-. The van der Waals surface area contributed by atoms with Crippen molar-refractivity contribution in [1.29, 1.82) is 0 Å². The Morgan fingerprint density at radius 1 is 1.21 bits per heavy atom. The van der Waals surface area contributed by atoms with Gasteiger partial charge in [0, 0.05) is 18.2 Å². The predicted molar refractivity (Wildman–Crippen MR) is 101 cm³/mol. The minimum atomic E-state index is -0.330. The number of rotatable bonds is 5. The normalized spacial score (nSPS) is 13.0. The van der Waals surface area contributed by atoms with Gasteiger partial charge in [-0.15, -0.1) is 0 Å². The third-order valence-electron chi connectivity index (χ3n) is 4.53. The molecule has 0 bridgehead atoms. The fourth-order valence-electron chi connectivity index (χ4n) is 3.00. The molecular formula is C19H19N5O4. The molecule has 3 aromatic rings. The number of tetrazole rings is 1. The molecule has 2 heterocycles. The van der Waals surface area contributed by atoms with Crippen molar-refractivity contribution in [2.24, 2.45) is 12.2 Å². The molecule has 9 heteroatoms. The summed E-state index contributed by atoms with van der Waals surface area (Å²) in [5, 5.41) is 11.9. The third-order valence-corrected chi connectivity index (χ3v) is 4.53. The smallest absolute Gasteiger partial charge is 0.368 e. The molecule has 4 rings (SSSR count). The molecule has 0 saturated carbocycles. The van der Waals surface area contributed by atoms with Crippen molar-refractivity contribution in [2.75, 3.05) is 6.79 Å². The first-order valence-electron chi connectivity index (χ1n) is 8.69. The third kappa shape index (κ3) is 3.11. The molecule has 28 heavy (non-hydrogen) atoms. The zero-order valence-electron chi connectivity index (χ0n) is 15.7. The van der Waals surface area contributed by atoms with Crippen LogP contribution in [0.25, 0.3) is 5.69 Å². The summed E-state index contributed by atoms with van der Waals surface area (Å²) in [6, 6.07) is 11.2. The van der Waals surface area contributed by atoms with Gasteiger partial charge in [0.25, 0.3) is 0 Å². The van der Waals surface area contributed by atoms with Gasteiger partial charge >= 0.3 is 5.69 Å². The molecule has 0 fully saturated rings. The molecule has 144 valence electrons. The Hall–Kier alpha value is -3.62. The van der Waals surface area contributed by atoms with Gasteiger partial charge in [-0.3, -0.25) is 0 Å². The first kappa shape index (κ1) is 17.8. The Morgan fingerprint density at radius 3 is 2.82 bits per heavy atom.